The van der Waals surface area contributed by atoms with E-state index in [1.807, 2.05) is 0 Å². The molecule has 3 heteroatoms. The summed E-state index contributed by atoms with van der Waals surface area (Å²) in [6.07, 6.45) is 7.70. The van der Waals surface area contributed by atoms with Gasteiger partial charge in [-0.2, -0.15) is 0 Å². The predicted molar refractivity (Wildman–Crippen MR) is 65.8 cm³/mol. The zero-order chi connectivity index (χ0) is 12.9. The average molecular weight is 246 g/mol. The summed E-state index contributed by atoms with van der Waals surface area (Å²) in [5, 5.41) is 0. The zero-order valence-electron chi connectivity index (χ0n) is 10.6. The van der Waals surface area contributed by atoms with Crippen molar-refractivity contribution >= 4 is 17.3 Å². The highest BCUT2D eigenvalue weighted by atomic mass is 16.2. The number of carbonyl (C=O) groups is 3. The van der Waals surface area contributed by atoms with Crippen molar-refractivity contribution in [3.05, 3.63) is 12.2 Å². The normalized spacial score (nSPS) is 42.6. The third kappa shape index (κ3) is 1.76. The van der Waals surface area contributed by atoms with Crippen LogP contribution in [0.5, 0.6) is 0 Å². The van der Waals surface area contributed by atoms with E-state index < -0.39 is 5.92 Å². The van der Waals surface area contributed by atoms with Crippen molar-refractivity contribution in [3.8, 4) is 0 Å². The lowest BCUT2D eigenvalue weighted by molar-refractivity contribution is -0.143. The number of Topliss-reactive ketones (excluding diaryl/α,β-unsaturated/α-hetero) is 3. The van der Waals surface area contributed by atoms with Crippen LogP contribution in [-0.4, -0.2) is 17.3 Å². The molecule has 2 saturated carbocycles. The highest BCUT2D eigenvalue weighted by Crippen LogP contribution is 2.49. The maximum atomic E-state index is 12.0. The maximum Gasteiger partial charge on any atom is 0.151 e. The molecule has 0 N–H and O–H groups in total. The van der Waals surface area contributed by atoms with Gasteiger partial charge in [0.05, 0.1) is 0 Å². The van der Waals surface area contributed by atoms with Crippen LogP contribution in [0.4, 0.5) is 0 Å². The van der Waals surface area contributed by atoms with E-state index in [2.05, 4.69) is 12.2 Å². The Balaban J connectivity index is 1.74. The third-order valence-electron chi connectivity index (χ3n) is 4.91. The van der Waals surface area contributed by atoms with E-state index >= 15 is 0 Å². The molecule has 0 saturated heterocycles. The summed E-state index contributed by atoms with van der Waals surface area (Å²) in [4.78, 5) is 35.2. The molecule has 2 fully saturated rings. The second-order valence-electron chi connectivity index (χ2n) is 6.09. The summed E-state index contributed by atoms with van der Waals surface area (Å²) in [6.45, 7) is 1.35. The van der Waals surface area contributed by atoms with Crippen molar-refractivity contribution in [2.45, 2.75) is 32.6 Å². The van der Waals surface area contributed by atoms with Crippen molar-refractivity contribution in [3.63, 3.8) is 0 Å². The molecule has 0 spiro atoms. The van der Waals surface area contributed by atoms with Gasteiger partial charge in [-0.25, -0.2) is 0 Å². The molecule has 2 bridgehead atoms. The lowest BCUT2D eigenvalue weighted by Gasteiger charge is -2.32. The Bertz CT molecular complexity index is 431. The van der Waals surface area contributed by atoms with Gasteiger partial charge in [0.25, 0.3) is 0 Å². The quantitative estimate of drug-likeness (QED) is 0.552. The Morgan fingerprint density at radius 2 is 1.78 bits per heavy atom. The molecule has 3 aliphatic rings. The van der Waals surface area contributed by atoms with Gasteiger partial charge in [0.1, 0.15) is 11.7 Å². The largest absolute Gasteiger partial charge is 0.299 e. The maximum absolute atomic E-state index is 12.0. The third-order valence-corrected chi connectivity index (χ3v) is 4.91. The summed E-state index contributed by atoms with van der Waals surface area (Å²) in [6, 6.07) is 0. The van der Waals surface area contributed by atoms with Crippen LogP contribution in [0.25, 0.3) is 0 Å². The summed E-state index contributed by atoms with van der Waals surface area (Å²) in [5.74, 6) is 0.379. The predicted octanol–water partition coefficient (Wildman–Crippen LogP) is 1.95. The van der Waals surface area contributed by atoms with Crippen LogP contribution in [0.2, 0.25) is 0 Å². The smallest absolute Gasteiger partial charge is 0.151 e. The van der Waals surface area contributed by atoms with Crippen LogP contribution in [0, 0.1) is 29.6 Å². The van der Waals surface area contributed by atoms with Crippen molar-refractivity contribution in [1.82, 2.24) is 0 Å². The number of allylic oxidation sites excluding steroid dienone is 2. The number of carbonyl (C=O) groups excluding carboxylic acids is 3. The fraction of sp³-hybridized carbons (Fsp3) is 0.667. The van der Waals surface area contributed by atoms with E-state index in [0.717, 1.165) is 6.42 Å². The van der Waals surface area contributed by atoms with Gasteiger partial charge in [-0.15, -0.1) is 0 Å². The van der Waals surface area contributed by atoms with E-state index in [1.54, 1.807) is 0 Å². The molecule has 0 aromatic heterocycles. The zero-order valence-corrected chi connectivity index (χ0v) is 10.6. The molecule has 96 valence electrons. The molecule has 3 unspecified atom stereocenters. The van der Waals surface area contributed by atoms with Crippen molar-refractivity contribution in [2.24, 2.45) is 29.6 Å². The van der Waals surface area contributed by atoms with E-state index in [9.17, 15) is 14.4 Å². The SMILES string of the molecule is CC(=O)C1C(=O)CC(C2CC3C=CC2C3)CC1=O. The first-order valence-electron chi connectivity index (χ1n) is 6.80. The molecule has 0 aromatic carbocycles. The Morgan fingerprint density at radius 1 is 1.11 bits per heavy atom. The highest BCUT2D eigenvalue weighted by molar-refractivity contribution is 6.20. The van der Waals surface area contributed by atoms with Gasteiger partial charge in [0, 0.05) is 12.8 Å². The van der Waals surface area contributed by atoms with Crippen LogP contribution in [0.15, 0.2) is 12.2 Å². The van der Waals surface area contributed by atoms with Gasteiger partial charge in [0.2, 0.25) is 0 Å². The molecule has 0 aliphatic heterocycles. The first-order chi connectivity index (χ1) is 8.56. The topological polar surface area (TPSA) is 51.2 Å². The first-order valence-corrected chi connectivity index (χ1v) is 6.80. The first kappa shape index (κ1) is 11.8. The molecule has 0 heterocycles. The highest BCUT2D eigenvalue weighted by Gasteiger charge is 2.46. The van der Waals surface area contributed by atoms with Gasteiger partial charge >= 0.3 is 0 Å². The summed E-state index contributed by atoms with van der Waals surface area (Å²) >= 11 is 0. The van der Waals surface area contributed by atoms with Crippen molar-refractivity contribution < 1.29 is 14.4 Å². The molecule has 3 aliphatic carbocycles. The second-order valence-corrected chi connectivity index (χ2v) is 6.09. The number of ketones is 3. The van der Waals surface area contributed by atoms with Crippen LogP contribution in [0.3, 0.4) is 0 Å². The summed E-state index contributed by atoms with van der Waals surface area (Å²) in [5.41, 5.74) is 0. The fourth-order valence-electron chi connectivity index (χ4n) is 4.13. The summed E-state index contributed by atoms with van der Waals surface area (Å²) in [7, 11) is 0. The van der Waals surface area contributed by atoms with E-state index in [0.29, 0.717) is 30.6 Å². The molecule has 3 atom stereocenters. The fourth-order valence-corrected chi connectivity index (χ4v) is 4.13. The van der Waals surface area contributed by atoms with E-state index in [4.69, 9.17) is 0 Å². The molecule has 0 radical (unpaired) electrons. The monoisotopic (exact) mass is 246 g/mol. The van der Waals surface area contributed by atoms with Crippen LogP contribution in [0.1, 0.15) is 32.6 Å². The number of fused-ring (bicyclic) bond motifs is 2. The lowest BCUT2D eigenvalue weighted by atomic mass is 9.70. The number of hydrogen-bond donors (Lipinski definition) is 0. The lowest BCUT2D eigenvalue weighted by Crippen LogP contribution is -2.40. The Hall–Kier alpha value is -1.25. The molecular formula is C15H18O3. The van der Waals surface area contributed by atoms with Crippen LogP contribution in [-0.2, 0) is 14.4 Å². The van der Waals surface area contributed by atoms with Gasteiger partial charge in [-0.3, -0.25) is 14.4 Å². The van der Waals surface area contributed by atoms with Gasteiger partial charge < -0.3 is 0 Å². The second kappa shape index (κ2) is 4.15. The van der Waals surface area contributed by atoms with Crippen molar-refractivity contribution in [1.29, 1.82) is 0 Å². The molecule has 3 nitrogen and oxygen atoms in total. The molecule has 0 aromatic rings. The minimum Gasteiger partial charge on any atom is -0.299 e. The standard InChI is InChI=1S/C15H18O3/c1-8(16)15-13(17)6-11(7-14(15)18)12-5-9-2-3-10(12)4-9/h2-3,9-12,15H,4-7H2,1H3. The van der Waals surface area contributed by atoms with Crippen LogP contribution < -0.4 is 0 Å². The molecule has 18 heavy (non-hydrogen) atoms. The minimum absolute atomic E-state index is 0.143. The average Bonchev–Trinajstić information content (AvgIpc) is 2.88. The van der Waals surface area contributed by atoms with Gasteiger partial charge in [0.15, 0.2) is 11.6 Å². The number of hydrogen-bond acceptors (Lipinski definition) is 3. The minimum atomic E-state index is -0.949. The molecular weight excluding hydrogens is 228 g/mol. The number of rotatable bonds is 2. The van der Waals surface area contributed by atoms with Crippen molar-refractivity contribution in [2.75, 3.05) is 0 Å². The van der Waals surface area contributed by atoms with E-state index in [1.165, 1.54) is 13.3 Å². The van der Waals surface area contributed by atoms with Gasteiger partial charge in [-0.1, -0.05) is 12.2 Å². The van der Waals surface area contributed by atoms with Crippen LogP contribution >= 0.6 is 0 Å². The van der Waals surface area contributed by atoms with Gasteiger partial charge in [-0.05, 0) is 43.4 Å². The molecule has 3 rings (SSSR count). The Kier molecular flexibility index (Phi) is 2.72. The molecule has 0 amide bonds. The Morgan fingerprint density at radius 3 is 2.22 bits per heavy atom. The Labute approximate surface area is 107 Å². The van der Waals surface area contributed by atoms with E-state index in [-0.39, 0.29) is 23.3 Å². The summed E-state index contributed by atoms with van der Waals surface area (Å²) < 4.78 is 0.